The third-order valence-electron chi connectivity index (χ3n) is 7.08. The maximum atomic E-state index is 11.8. The number of hydrogen-bond donors (Lipinski definition) is 1. The van der Waals surface area contributed by atoms with Gasteiger partial charge in [0.25, 0.3) is 0 Å². The van der Waals surface area contributed by atoms with Crippen molar-refractivity contribution in [1.29, 1.82) is 0 Å². The molecule has 0 aromatic carbocycles. The molecule has 3 fully saturated rings. The molecule has 2 unspecified atom stereocenters. The van der Waals surface area contributed by atoms with Crippen molar-refractivity contribution >= 4 is 11.9 Å². The largest absolute Gasteiger partial charge is 0.465 e. The van der Waals surface area contributed by atoms with Gasteiger partial charge < -0.3 is 24.1 Å². The Balaban J connectivity index is 1.86. The molecule has 4 rings (SSSR count). The first-order valence-electron chi connectivity index (χ1n) is 9.13. The SMILES string of the molecule is CC(=O)OC[C@]12CCC(C)=C[C@H]1OC1[C@H](O)[C@@H](OC(C)=O)[C@@]2(C)C12CO2. The summed E-state index contributed by atoms with van der Waals surface area (Å²) in [6, 6.07) is 0. The minimum Gasteiger partial charge on any atom is -0.465 e. The number of ether oxygens (including phenoxy) is 4. The molecule has 0 amide bonds. The lowest BCUT2D eigenvalue weighted by Gasteiger charge is -2.58. The van der Waals surface area contributed by atoms with Gasteiger partial charge in [0.1, 0.15) is 30.5 Å². The second kappa shape index (κ2) is 5.53. The van der Waals surface area contributed by atoms with E-state index in [2.05, 4.69) is 6.08 Å². The number of epoxide rings is 1. The van der Waals surface area contributed by atoms with E-state index in [-0.39, 0.29) is 18.7 Å². The van der Waals surface area contributed by atoms with Gasteiger partial charge in [-0.05, 0) is 19.8 Å². The Kier molecular flexibility index (Phi) is 3.82. The van der Waals surface area contributed by atoms with Gasteiger partial charge in [0.15, 0.2) is 0 Å². The van der Waals surface area contributed by atoms with Crippen LogP contribution in [0.1, 0.15) is 40.5 Å². The highest BCUT2D eigenvalue weighted by molar-refractivity contribution is 5.67. The highest BCUT2D eigenvalue weighted by Gasteiger charge is 2.85. The molecule has 7 nitrogen and oxygen atoms in total. The first-order valence-corrected chi connectivity index (χ1v) is 9.13. The molecule has 7 atom stereocenters. The molecule has 2 aliphatic heterocycles. The van der Waals surface area contributed by atoms with E-state index in [4.69, 9.17) is 18.9 Å². The fourth-order valence-electron chi connectivity index (χ4n) is 5.60. The maximum absolute atomic E-state index is 11.8. The summed E-state index contributed by atoms with van der Waals surface area (Å²) in [4.78, 5) is 23.4. The van der Waals surface area contributed by atoms with Gasteiger partial charge in [-0.1, -0.05) is 18.6 Å². The number of rotatable bonds is 3. The van der Waals surface area contributed by atoms with Crippen LogP contribution in [-0.4, -0.2) is 60.3 Å². The van der Waals surface area contributed by atoms with E-state index in [1.807, 2.05) is 13.8 Å². The molecule has 0 radical (unpaired) electrons. The Bertz CT molecular complexity index is 681. The van der Waals surface area contributed by atoms with E-state index in [0.29, 0.717) is 13.0 Å². The highest BCUT2D eigenvalue weighted by Crippen LogP contribution is 2.72. The van der Waals surface area contributed by atoms with Crippen LogP contribution in [0.25, 0.3) is 0 Å². The molecule has 1 saturated carbocycles. The predicted molar refractivity (Wildman–Crippen MR) is 89.1 cm³/mol. The van der Waals surface area contributed by atoms with Gasteiger partial charge in [-0.2, -0.15) is 0 Å². The lowest BCUT2D eigenvalue weighted by Crippen LogP contribution is -2.66. The average Bonchev–Trinajstić information content (AvgIpc) is 3.34. The van der Waals surface area contributed by atoms with Crippen molar-refractivity contribution in [2.45, 2.75) is 70.6 Å². The number of carbonyl (C=O) groups excluding carboxylic acids is 2. The lowest BCUT2D eigenvalue weighted by molar-refractivity contribution is -0.233. The summed E-state index contributed by atoms with van der Waals surface area (Å²) in [5.41, 5.74) is -0.890. The Hall–Kier alpha value is -1.44. The molecule has 1 spiro atoms. The van der Waals surface area contributed by atoms with E-state index < -0.39 is 40.7 Å². The van der Waals surface area contributed by atoms with Crippen LogP contribution in [0.5, 0.6) is 0 Å². The van der Waals surface area contributed by atoms with Gasteiger partial charge in [0, 0.05) is 19.3 Å². The summed E-state index contributed by atoms with van der Waals surface area (Å²) in [5, 5.41) is 10.9. The monoisotopic (exact) mass is 366 g/mol. The molecule has 7 heteroatoms. The third kappa shape index (κ3) is 2.05. The molecule has 2 saturated heterocycles. The van der Waals surface area contributed by atoms with Crippen LogP contribution >= 0.6 is 0 Å². The summed E-state index contributed by atoms with van der Waals surface area (Å²) in [5.74, 6) is -0.830. The number of carbonyl (C=O) groups is 2. The third-order valence-corrected chi connectivity index (χ3v) is 7.08. The van der Waals surface area contributed by atoms with Crippen molar-refractivity contribution in [3.63, 3.8) is 0 Å². The van der Waals surface area contributed by atoms with Crippen molar-refractivity contribution in [3.8, 4) is 0 Å². The zero-order valence-corrected chi connectivity index (χ0v) is 15.6. The summed E-state index contributed by atoms with van der Waals surface area (Å²) in [7, 11) is 0. The molecule has 0 aromatic rings. The minimum absolute atomic E-state index is 0.135. The van der Waals surface area contributed by atoms with Crippen molar-refractivity contribution in [2.24, 2.45) is 10.8 Å². The summed E-state index contributed by atoms with van der Waals surface area (Å²) >= 11 is 0. The number of hydrogen-bond acceptors (Lipinski definition) is 7. The first-order chi connectivity index (χ1) is 12.2. The summed E-state index contributed by atoms with van der Waals surface area (Å²) < 4.78 is 23.3. The molecular formula is C19H26O7. The van der Waals surface area contributed by atoms with Crippen LogP contribution in [0, 0.1) is 10.8 Å². The van der Waals surface area contributed by atoms with E-state index in [1.165, 1.54) is 19.4 Å². The highest BCUT2D eigenvalue weighted by atomic mass is 16.7. The second-order valence-electron chi connectivity index (χ2n) is 8.33. The number of esters is 2. The molecule has 2 heterocycles. The zero-order chi connectivity index (χ0) is 18.9. The molecule has 1 N–H and O–H groups in total. The van der Waals surface area contributed by atoms with E-state index in [9.17, 15) is 14.7 Å². The number of fused-ring (bicyclic) bond motifs is 2. The van der Waals surface area contributed by atoms with Crippen molar-refractivity contribution in [3.05, 3.63) is 11.6 Å². The molecular weight excluding hydrogens is 340 g/mol. The number of aliphatic hydroxyl groups excluding tert-OH is 1. The van der Waals surface area contributed by atoms with Crippen LogP contribution in [0.2, 0.25) is 0 Å². The van der Waals surface area contributed by atoms with Gasteiger partial charge in [0.2, 0.25) is 0 Å². The van der Waals surface area contributed by atoms with Crippen molar-refractivity contribution in [2.75, 3.05) is 13.2 Å². The predicted octanol–water partition coefficient (Wildman–Crippen LogP) is 1.12. The maximum Gasteiger partial charge on any atom is 0.303 e. The van der Waals surface area contributed by atoms with E-state index in [0.717, 1.165) is 6.42 Å². The van der Waals surface area contributed by atoms with Gasteiger partial charge in [-0.25, -0.2) is 0 Å². The molecule has 2 aliphatic carbocycles. The Morgan fingerprint density at radius 2 is 2.04 bits per heavy atom. The average molecular weight is 366 g/mol. The van der Waals surface area contributed by atoms with Gasteiger partial charge in [0.05, 0.1) is 18.1 Å². The standard InChI is InChI=1S/C19H26O7/c1-10-5-6-18(8-23-11(2)20)13(7-10)26-16-14(22)15(25-12(3)21)17(18,4)19(16)9-24-19/h7,13-16,22H,5-6,8-9H2,1-4H3/t13-,14-,15-,16?,17-,18-,19?/m1/s1. The Labute approximate surface area is 152 Å². The molecule has 4 aliphatic rings. The van der Waals surface area contributed by atoms with Crippen LogP contribution < -0.4 is 0 Å². The van der Waals surface area contributed by atoms with Crippen molar-refractivity contribution < 1.29 is 33.6 Å². The fraction of sp³-hybridized carbons (Fsp3) is 0.789. The van der Waals surface area contributed by atoms with E-state index >= 15 is 0 Å². The second-order valence-corrected chi connectivity index (χ2v) is 8.33. The fourth-order valence-corrected chi connectivity index (χ4v) is 5.60. The Morgan fingerprint density at radius 1 is 1.35 bits per heavy atom. The van der Waals surface area contributed by atoms with Gasteiger partial charge >= 0.3 is 11.9 Å². The lowest BCUT2D eigenvalue weighted by atomic mass is 9.51. The quantitative estimate of drug-likeness (QED) is 0.454. The zero-order valence-electron chi connectivity index (χ0n) is 15.6. The number of allylic oxidation sites excluding steroid dienone is 1. The van der Waals surface area contributed by atoms with Crippen LogP contribution in [0.15, 0.2) is 11.6 Å². The normalized spacial score (nSPS) is 48.6. The summed E-state index contributed by atoms with van der Waals surface area (Å²) in [6.07, 6.45) is 0.896. The van der Waals surface area contributed by atoms with Crippen LogP contribution in [-0.2, 0) is 28.5 Å². The number of aliphatic hydroxyl groups is 1. The van der Waals surface area contributed by atoms with E-state index in [1.54, 1.807) is 0 Å². The minimum atomic E-state index is -0.986. The molecule has 0 aromatic heterocycles. The van der Waals surface area contributed by atoms with Gasteiger partial charge in [-0.3, -0.25) is 9.59 Å². The topological polar surface area (TPSA) is 94.6 Å². The first kappa shape index (κ1) is 17.9. The van der Waals surface area contributed by atoms with Crippen LogP contribution in [0.3, 0.4) is 0 Å². The van der Waals surface area contributed by atoms with Crippen molar-refractivity contribution in [1.82, 2.24) is 0 Å². The molecule has 26 heavy (non-hydrogen) atoms. The molecule has 2 bridgehead atoms. The van der Waals surface area contributed by atoms with Crippen LogP contribution in [0.4, 0.5) is 0 Å². The summed E-state index contributed by atoms with van der Waals surface area (Å²) in [6.45, 7) is 7.31. The smallest absolute Gasteiger partial charge is 0.303 e. The van der Waals surface area contributed by atoms with Gasteiger partial charge in [-0.15, -0.1) is 0 Å². The molecule has 144 valence electrons. The Morgan fingerprint density at radius 3 is 2.62 bits per heavy atom.